The zero-order valence-corrected chi connectivity index (χ0v) is 25.6. The van der Waals surface area contributed by atoms with E-state index in [1.807, 2.05) is 32.0 Å². The second kappa shape index (κ2) is 17.4. The zero-order chi connectivity index (χ0) is 32.6. The van der Waals surface area contributed by atoms with Gasteiger partial charge in [-0.25, -0.2) is 4.79 Å². The minimum Gasteiger partial charge on any atom is -0.508 e. The van der Waals surface area contributed by atoms with Gasteiger partial charge in [0.05, 0.1) is 7.11 Å². The highest BCUT2D eigenvalue weighted by molar-refractivity contribution is 5.87. The van der Waals surface area contributed by atoms with E-state index in [-0.39, 0.29) is 19.0 Å². The Balaban J connectivity index is 0.000000288. The van der Waals surface area contributed by atoms with Gasteiger partial charge in [-0.1, -0.05) is 6.58 Å². The SMILES string of the molecule is C=C(C)C(=O)OC(COc1ccc(N)cc1)COc1ccc(N)cc1.COc1ccc(N)c(C)c1.Cc1cc(O)ccc1N. The minimum absolute atomic E-state index is 0.137. The number of methoxy groups -OCH3 is 1. The third-order valence-corrected chi connectivity index (χ3v) is 5.98. The Morgan fingerprint density at radius 1 is 0.727 bits per heavy atom. The van der Waals surface area contributed by atoms with Gasteiger partial charge in [-0.05, 0) is 117 Å². The molecule has 0 aliphatic rings. The van der Waals surface area contributed by atoms with Crippen molar-refractivity contribution in [1.29, 1.82) is 0 Å². The summed E-state index contributed by atoms with van der Waals surface area (Å²) < 4.78 is 21.7. The molecule has 0 saturated heterocycles. The van der Waals surface area contributed by atoms with E-state index in [9.17, 15) is 4.79 Å². The Hall–Kier alpha value is -5.51. The van der Waals surface area contributed by atoms with E-state index in [1.165, 1.54) is 0 Å². The number of benzene rings is 4. The number of hydrogen-bond acceptors (Lipinski definition) is 10. The number of carbonyl (C=O) groups is 1. The summed E-state index contributed by atoms with van der Waals surface area (Å²) >= 11 is 0. The number of phenolic OH excluding ortho intramolecular Hbond substituents is 1. The monoisotopic (exact) mass is 602 g/mol. The van der Waals surface area contributed by atoms with Crippen LogP contribution in [0.3, 0.4) is 0 Å². The van der Waals surface area contributed by atoms with Crippen LogP contribution in [0.5, 0.6) is 23.0 Å². The molecular formula is C34H42N4O6. The number of phenols is 1. The number of esters is 1. The first-order valence-corrected chi connectivity index (χ1v) is 13.7. The molecule has 0 aliphatic carbocycles. The Kier molecular flexibility index (Phi) is 13.8. The van der Waals surface area contributed by atoms with E-state index < -0.39 is 12.1 Å². The van der Waals surface area contributed by atoms with Crippen molar-refractivity contribution in [3.8, 4) is 23.0 Å². The van der Waals surface area contributed by atoms with E-state index in [2.05, 4.69) is 6.58 Å². The van der Waals surface area contributed by atoms with Crippen molar-refractivity contribution >= 4 is 28.7 Å². The van der Waals surface area contributed by atoms with Crippen LogP contribution in [0.25, 0.3) is 0 Å². The van der Waals surface area contributed by atoms with Gasteiger partial charge in [-0.3, -0.25) is 0 Å². The maximum absolute atomic E-state index is 11.8. The summed E-state index contributed by atoms with van der Waals surface area (Å²) in [6, 6.07) is 24.4. The van der Waals surface area contributed by atoms with Crippen LogP contribution in [0, 0.1) is 13.8 Å². The molecule has 0 atom stereocenters. The standard InChI is InChI=1S/C19H22N2O4.C8H11NO.C7H9NO/c1-13(2)19(22)25-18(11-23-16-7-3-14(20)4-8-16)12-24-17-9-5-15(21)6-10-17;1-6-5-7(10-2)3-4-8(6)9;1-5-4-6(9)2-3-7(5)8/h3-10,18H,1,11-12,20-21H2,2H3;3-5H,9H2,1-2H3;2-4,9H,8H2,1H3. The van der Waals surface area contributed by atoms with Crippen LogP contribution in [0.4, 0.5) is 22.7 Å². The molecule has 4 aromatic carbocycles. The van der Waals surface area contributed by atoms with E-state index in [1.54, 1.807) is 80.8 Å². The maximum Gasteiger partial charge on any atom is 0.333 e. The third-order valence-electron chi connectivity index (χ3n) is 5.98. The van der Waals surface area contributed by atoms with Crippen molar-refractivity contribution in [2.45, 2.75) is 26.9 Å². The Morgan fingerprint density at radius 2 is 1.16 bits per heavy atom. The molecule has 10 heteroatoms. The third kappa shape index (κ3) is 12.6. The number of nitrogens with two attached hydrogens (primary N) is 4. The molecule has 0 heterocycles. The van der Waals surface area contributed by atoms with Gasteiger partial charge < -0.3 is 47.0 Å². The molecule has 44 heavy (non-hydrogen) atoms. The van der Waals surface area contributed by atoms with Crippen molar-refractivity contribution in [3.05, 3.63) is 108 Å². The van der Waals surface area contributed by atoms with Crippen molar-refractivity contribution in [3.63, 3.8) is 0 Å². The molecule has 4 aromatic rings. The number of carbonyl (C=O) groups excluding carboxylic acids is 1. The number of rotatable bonds is 9. The topological polar surface area (TPSA) is 178 Å². The highest BCUT2D eigenvalue weighted by Gasteiger charge is 2.17. The van der Waals surface area contributed by atoms with Crippen molar-refractivity contribution in [1.82, 2.24) is 0 Å². The van der Waals surface area contributed by atoms with Crippen molar-refractivity contribution < 1.29 is 28.8 Å². The highest BCUT2D eigenvalue weighted by Crippen LogP contribution is 2.19. The summed E-state index contributed by atoms with van der Waals surface area (Å²) in [5.41, 5.74) is 27.4. The molecule has 10 nitrogen and oxygen atoms in total. The van der Waals surface area contributed by atoms with Gasteiger partial charge in [0.15, 0.2) is 6.10 Å². The number of nitrogen functional groups attached to an aromatic ring is 4. The van der Waals surface area contributed by atoms with Gasteiger partial charge in [0, 0.05) is 28.3 Å². The second-order valence-electron chi connectivity index (χ2n) is 9.83. The van der Waals surface area contributed by atoms with Gasteiger partial charge in [-0.2, -0.15) is 0 Å². The molecule has 0 radical (unpaired) electrons. The van der Waals surface area contributed by atoms with Crippen molar-refractivity contribution in [2.24, 2.45) is 0 Å². The molecule has 0 amide bonds. The highest BCUT2D eigenvalue weighted by atomic mass is 16.6. The molecule has 0 spiro atoms. The molecule has 0 aromatic heterocycles. The number of aryl methyl sites for hydroxylation is 2. The Labute approximate surface area is 258 Å². The predicted molar refractivity (Wildman–Crippen MR) is 177 cm³/mol. The molecule has 0 bridgehead atoms. The van der Waals surface area contributed by atoms with Crippen LogP contribution in [-0.2, 0) is 9.53 Å². The van der Waals surface area contributed by atoms with Crippen molar-refractivity contribution in [2.75, 3.05) is 43.3 Å². The molecule has 234 valence electrons. The fourth-order valence-corrected chi connectivity index (χ4v) is 3.31. The fourth-order valence-electron chi connectivity index (χ4n) is 3.31. The van der Waals surface area contributed by atoms with Gasteiger partial charge in [-0.15, -0.1) is 0 Å². The van der Waals surface area contributed by atoms with E-state index in [0.717, 1.165) is 22.6 Å². The first-order chi connectivity index (χ1) is 20.9. The molecule has 9 N–H and O–H groups in total. The van der Waals surface area contributed by atoms with Crippen LogP contribution in [-0.4, -0.2) is 37.5 Å². The summed E-state index contributed by atoms with van der Waals surface area (Å²) in [7, 11) is 1.64. The Bertz CT molecular complexity index is 1440. The average molecular weight is 603 g/mol. The largest absolute Gasteiger partial charge is 0.508 e. The fraction of sp³-hybridized carbons (Fsp3) is 0.206. The van der Waals surface area contributed by atoms with E-state index >= 15 is 0 Å². The quantitative estimate of drug-likeness (QED) is 0.0694. The smallest absolute Gasteiger partial charge is 0.333 e. The van der Waals surface area contributed by atoms with Crippen LogP contribution >= 0.6 is 0 Å². The number of anilines is 4. The molecule has 0 fully saturated rings. The lowest BCUT2D eigenvalue weighted by Crippen LogP contribution is -2.31. The molecule has 0 saturated carbocycles. The molecular weight excluding hydrogens is 560 g/mol. The lowest BCUT2D eigenvalue weighted by atomic mass is 10.2. The summed E-state index contributed by atoms with van der Waals surface area (Å²) in [6.45, 7) is 9.25. The first-order valence-electron chi connectivity index (χ1n) is 13.7. The van der Waals surface area contributed by atoms with Gasteiger partial charge >= 0.3 is 5.97 Å². The van der Waals surface area contributed by atoms with Crippen LogP contribution in [0.15, 0.2) is 97.1 Å². The summed E-state index contributed by atoms with van der Waals surface area (Å²) in [4.78, 5) is 11.8. The normalized spacial score (nSPS) is 9.93. The van der Waals surface area contributed by atoms with E-state index in [4.69, 9.17) is 47.0 Å². The second-order valence-corrected chi connectivity index (χ2v) is 9.83. The number of hydrogen-bond donors (Lipinski definition) is 5. The summed E-state index contributed by atoms with van der Waals surface area (Å²) in [6.07, 6.45) is -0.598. The number of ether oxygens (including phenoxy) is 4. The Morgan fingerprint density at radius 3 is 1.55 bits per heavy atom. The minimum atomic E-state index is -0.598. The van der Waals surface area contributed by atoms with Gasteiger partial charge in [0.1, 0.15) is 36.2 Å². The summed E-state index contributed by atoms with van der Waals surface area (Å²) in [5, 5.41) is 8.88. The van der Waals surface area contributed by atoms with E-state index in [0.29, 0.717) is 34.1 Å². The summed E-state index contributed by atoms with van der Waals surface area (Å²) in [5.74, 6) is 1.87. The lowest BCUT2D eigenvalue weighted by molar-refractivity contribution is -0.147. The zero-order valence-electron chi connectivity index (χ0n) is 25.6. The molecule has 4 rings (SSSR count). The number of aromatic hydroxyl groups is 1. The average Bonchev–Trinajstić information content (AvgIpc) is 3.00. The van der Waals surface area contributed by atoms with Crippen LogP contribution in [0.2, 0.25) is 0 Å². The molecule has 0 aliphatic heterocycles. The lowest BCUT2D eigenvalue weighted by Gasteiger charge is -2.19. The molecule has 0 unspecified atom stereocenters. The van der Waals surface area contributed by atoms with Crippen LogP contribution < -0.4 is 37.1 Å². The van der Waals surface area contributed by atoms with Gasteiger partial charge in [0.25, 0.3) is 0 Å². The van der Waals surface area contributed by atoms with Crippen LogP contribution in [0.1, 0.15) is 18.1 Å². The maximum atomic E-state index is 11.8. The predicted octanol–water partition coefficient (Wildman–Crippen LogP) is 5.67. The van der Waals surface area contributed by atoms with Gasteiger partial charge in [0.2, 0.25) is 0 Å². The first kappa shape index (κ1) is 34.7.